The lowest BCUT2D eigenvalue weighted by molar-refractivity contribution is 0.394. The molecule has 0 aliphatic rings. The summed E-state index contributed by atoms with van der Waals surface area (Å²) in [6.07, 6.45) is 4.37. The summed E-state index contributed by atoms with van der Waals surface area (Å²) in [4.78, 5) is 10.1. The van der Waals surface area contributed by atoms with Crippen LogP contribution in [0.5, 0.6) is 0 Å². The minimum atomic E-state index is -3.51. The van der Waals surface area contributed by atoms with Crippen molar-refractivity contribution in [2.75, 3.05) is 39.0 Å². The Morgan fingerprint density at radius 2 is 1.85 bits per heavy atom. The Labute approximate surface area is 120 Å². The highest BCUT2D eigenvalue weighted by molar-refractivity contribution is 7.89. The van der Waals surface area contributed by atoms with Crippen LogP contribution in [0.1, 0.15) is 19.8 Å². The van der Waals surface area contributed by atoms with Gasteiger partial charge in [0.15, 0.2) is 0 Å². The molecule has 0 unspecified atom stereocenters. The van der Waals surface area contributed by atoms with Crippen LogP contribution in [0.3, 0.4) is 0 Å². The van der Waals surface area contributed by atoms with Crippen LogP contribution in [-0.2, 0) is 10.0 Å². The molecule has 0 atom stereocenters. The van der Waals surface area contributed by atoms with E-state index >= 15 is 0 Å². The van der Waals surface area contributed by atoms with E-state index in [1.807, 2.05) is 21.0 Å². The van der Waals surface area contributed by atoms with E-state index < -0.39 is 10.0 Å². The molecular weight excluding hydrogens is 278 g/mol. The minimum Gasteiger partial charge on any atom is -0.355 e. The normalized spacial score (nSPS) is 11.8. The zero-order valence-corrected chi connectivity index (χ0v) is 13.1. The molecule has 0 radical (unpaired) electrons. The van der Waals surface area contributed by atoms with Crippen molar-refractivity contribution >= 4 is 16.0 Å². The van der Waals surface area contributed by atoms with Crippen molar-refractivity contribution in [3.63, 3.8) is 0 Å². The van der Waals surface area contributed by atoms with Crippen LogP contribution in [0, 0.1) is 0 Å². The molecule has 0 aliphatic heterocycles. The Balaban J connectivity index is 2.47. The predicted molar refractivity (Wildman–Crippen MR) is 79.2 cm³/mol. The van der Waals surface area contributed by atoms with E-state index in [0.717, 1.165) is 19.4 Å². The van der Waals surface area contributed by atoms with Gasteiger partial charge < -0.3 is 10.2 Å². The van der Waals surface area contributed by atoms with Crippen LogP contribution in [-0.4, -0.2) is 57.0 Å². The molecule has 0 aromatic carbocycles. The first-order valence-corrected chi connectivity index (χ1v) is 8.14. The van der Waals surface area contributed by atoms with Crippen molar-refractivity contribution in [1.29, 1.82) is 0 Å². The van der Waals surface area contributed by atoms with Crippen LogP contribution in [0.25, 0.3) is 0 Å². The van der Waals surface area contributed by atoms with Crippen LogP contribution in [0.2, 0.25) is 0 Å². The zero-order valence-electron chi connectivity index (χ0n) is 12.3. The van der Waals surface area contributed by atoms with Crippen molar-refractivity contribution < 1.29 is 8.42 Å². The summed E-state index contributed by atoms with van der Waals surface area (Å²) in [5.74, 6) is 0.428. The van der Waals surface area contributed by atoms with Gasteiger partial charge in [-0.3, -0.25) is 0 Å². The summed E-state index contributed by atoms with van der Waals surface area (Å²) >= 11 is 0. The smallest absolute Gasteiger partial charge is 0.243 e. The van der Waals surface area contributed by atoms with Gasteiger partial charge in [-0.1, -0.05) is 0 Å². The molecule has 0 fully saturated rings. The first-order chi connectivity index (χ1) is 9.45. The van der Waals surface area contributed by atoms with Crippen LogP contribution < -0.4 is 10.0 Å². The summed E-state index contributed by atoms with van der Waals surface area (Å²) < 4.78 is 26.5. The van der Waals surface area contributed by atoms with E-state index in [0.29, 0.717) is 19.0 Å². The molecule has 0 saturated carbocycles. The Bertz CT molecular complexity index is 487. The molecule has 7 nitrogen and oxygen atoms in total. The number of anilines is 1. The maximum Gasteiger partial charge on any atom is 0.243 e. The first kappa shape index (κ1) is 16.8. The average molecular weight is 301 g/mol. The molecule has 8 heteroatoms. The lowest BCUT2D eigenvalue weighted by Crippen LogP contribution is -2.26. The summed E-state index contributed by atoms with van der Waals surface area (Å²) in [6.45, 7) is 3.98. The molecule has 1 heterocycles. The van der Waals surface area contributed by atoms with Crippen LogP contribution in [0.15, 0.2) is 17.3 Å². The van der Waals surface area contributed by atoms with Crippen molar-refractivity contribution in [3.05, 3.63) is 12.4 Å². The van der Waals surface area contributed by atoms with Gasteiger partial charge in [-0.15, -0.1) is 0 Å². The Morgan fingerprint density at radius 1 is 1.20 bits per heavy atom. The fourth-order valence-electron chi connectivity index (χ4n) is 1.55. The molecule has 0 aliphatic carbocycles. The van der Waals surface area contributed by atoms with Crippen LogP contribution in [0.4, 0.5) is 5.95 Å². The van der Waals surface area contributed by atoms with Crippen molar-refractivity contribution in [2.24, 2.45) is 0 Å². The summed E-state index contributed by atoms with van der Waals surface area (Å²) in [6, 6.07) is 0. The van der Waals surface area contributed by atoms with Gasteiger partial charge in [0.25, 0.3) is 0 Å². The zero-order chi connectivity index (χ0) is 15.0. The number of rotatable bonds is 9. The van der Waals surface area contributed by atoms with Crippen molar-refractivity contribution in [3.8, 4) is 0 Å². The van der Waals surface area contributed by atoms with E-state index in [4.69, 9.17) is 0 Å². The summed E-state index contributed by atoms with van der Waals surface area (Å²) in [7, 11) is 0.478. The maximum absolute atomic E-state index is 12.0. The average Bonchev–Trinajstić information content (AvgIpc) is 2.39. The van der Waals surface area contributed by atoms with Gasteiger partial charge in [0.05, 0.1) is 12.4 Å². The monoisotopic (exact) mass is 301 g/mol. The van der Waals surface area contributed by atoms with Gasteiger partial charge in [-0.25, -0.2) is 23.1 Å². The fourth-order valence-corrected chi connectivity index (χ4v) is 2.51. The lowest BCUT2D eigenvalue weighted by atomic mass is 10.3. The Hall–Kier alpha value is -1.25. The molecule has 20 heavy (non-hydrogen) atoms. The van der Waals surface area contributed by atoms with Gasteiger partial charge in [0, 0.05) is 13.1 Å². The highest BCUT2D eigenvalue weighted by Crippen LogP contribution is 2.07. The summed E-state index contributed by atoms with van der Waals surface area (Å²) in [5.41, 5.74) is 0. The van der Waals surface area contributed by atoms with Gasteiger partial charge in [0.2, 0.25) is 16.0 Å². The number of hydrogen-bond donors (Lipinski definition) is 2. The van der Waals surface area contributed by atoms with Crippen molar-refractivity contribution in [1.82, 2.24) is 19.6 Å². The second-order valence-electron chi connectivity index (χ2n) is 4.68. The van der Waals surface area contributed by atoms with E-state index in [-0.39, 0.29) is 4.90 Å². The molecule has 114 valence electrons. The Morgan fingerprint density at radius 3 is 2.40 bits per heavy atom. The second kappa shape index (κ2) is 8.13. The van der Waals surface area contributed by atoms with Crippen molar-refractivity contribution in [2.45, 2.75) is 24.7 Å². The molecule has 1 aromatic heterocycles. The number of hydrogen-bond acceptors (Lipinski definition) is 6. The fraction of sp³-hybridized carbons (Fsp3) is 0.667. The summed E-state index contributed by atoms with van der Waals surface area (Å²) in [5, 5.41) is 2.91. The maximum atomic E-state index is 12.0. The topological polar surface area (TPSA) is 87.2 Å². The standard InChI is InChI=1S/C12H23N5O2S/c1-4-13-12-14-9-11(10-15-12)20(18,19)16-7-5-6-8-17(2)3/h9-10,16H,4-8H2,1-3H3,(H,13,14,15). The molecule has 0 saturated heterocycles. The molecular formula is C12H23N5O2S. The van der Waals surface area contributed by atoms with Gasteiger partial charge in [0.1, 0.15) is 4.90 Å². The third-order valence-electron chi connectivity index (χ3n) is 2.60. The van der Waals surface area contributed by atoms with Gasteiger partial charge in [-0.05, 0) is 40.4 Å². The highest BCUT2D eigenvalue weighted by Gasteiger charge is 2.14. The third kappa shape index (κ3) is 5.81. The van der Waals surface area contributed by atoms with E-state index in [2.05, 4.69) is 24.9 Å². The quantitative estimate of drug-likeness (QED) is 0.647. The molecule has 0 spiro atoms. The SMILES string of the molecule is CCNc1ncc(S(=O)(=O)NCCCCN(C)C)cn1. The minimum absolute atomic E-state index is 0.0896. The second-order valence-corrected chi connectivity index (χ2v) is 6.45. The molecule has 0 bridgehead atoms. The van der Waals surface area contributed by atoms with E-state index in [9.17, 15) is 8.42 Å². The largest absolute Gasteiger partial charge is 0.355 e. The third-order valence-corrected chi connectivity index (χ3v) is 4.01. The van der Waals surface area contributed by atoms with E-state index in [1.54, 1.807) is 0 Å². The molecule has 2 N–H and O–H groups in total. The first-order valence-electron chi connectivity index (χ1n) is 6.66. The van der Waals surface area contributed by atoms with Gasteiger partial charge >= 0.3 is 0 Å². The van der Waals surface area contributed by atoms with E-state index in [1.165, 1.54) is 12.4 Å². The number of sulfonamides is 1. The predicted octanol–water partition coefficient (Wildman–Crippen LogP) is 0.529. The highest BCUT2D eigenvalue weighted by atomic mass is 32.2. The van der Waals surface area contributed by atoms with Gasteiger partial charge in [-0.2, -0.15) is 0 Å². The molecule has 1 aromatic rings. The number of aromatic nitrogens is 2. The number of nitrogens with zero attached hydrogens (tertiary/aromatic N) is 3. The molecule has 0 amide bonds. The number of unbranched alkanes of at least 4 members (excludes halogenated alkanes) is 1. The molecule has 1 rings (SSSR count). The lowest BCUT2D eigenvalue weighted by Gasteiger charge is -2.10. The van der Waals surface area contributed by atoms with Crippen LogP contribution >= 0.6 is 0 Å². The Kier molecular flexibility index (Phi) is 6.83. The number of nitrogens with one attached hydrogen (secondary N) is 2.